The topological polar surface area (TPSA) is 273 Å². The minimum absolute atomic E-state index is 0.0648. The Labute approximate surface area is 562 Å². The van der Waals surface area contributed by atoms with Crippen LogP contribution in [0.5, 0.6) is 11.5 Å². The second kappa shape index (κ2) is 27.9. The van der Waals surface area contributed by atoms with Gasteiger partial charge in [-0.15, -0.1) is 0 Å². The number of hydrogen-bond acceptors (Lipinski definition) is 18. The molecule has 29 heteroatoms. The molecule has 13 rings (SSSR count). The Morgan fingerprint density at radius 2 is 0.927 bits per heavy atom. The molecule has 3 saturated heterocycles. The van der Waals surface area contributed by atoms with E-state index in [1.165, 1.54) is 12.1 Å². The highest BCUT2D eigenvalue weighted by Crippen LogP contribution is 2.41. The van der Waals surface area contributed by atoms with E-state index in [4.69, 9.17) is 52.5 Å². The molecule has 3 aliphatic heterocycles. The van der Waals surface area contributed by atoms with Gasteiger partial charge in [-0.25, -0.2) is 35.2 Å². The number of rotatable bonds is 17. The number of hydrogen-bond donors (Lipinski definition) is 2. The summed E-state index contributed by atoms with van der Waals surface area (Å²) in [4.78, 5) is 9.94. The van der Waals surface area contributed by atoms with Gasteiger partial charge in [0.2, 0.25) is 0 Å². The third-order valence-corrected chi connectivity index (χ3v) is 23.4. The first-order valence-electron chi connectivity index (χ1n) is 31.0. The van der Waals surface area contributed by atoms with Crippen LogP contribution in [0.4, 0.5) is 28.9 Å². The predicted octanol–water partition coefficient (Wildman–Crippen LogP) is 14.7. The van der Waals surface area contributed by atoms with E-state index in [1.54, 1.807) is 24.3 Å². The largest absolute Gasteiger partial charge is 0.433 e. The molecule has 8 heterocycles. The number of anilines is 2. The summed E-state index contributed by atoms with van der Waals surface area (Å²) >= 11 is 12.3. The molecular formula is C67H71Cl2F4N9O11S3. The molecule has 3 N–H and O–H groups in total. The van der Waals surface area contributed by atoms with Gasteiger partial charge in [-0.1, -0.05) is 82.9 Å². The van der Waals surface area contributed by atoms with Crippen molar-refractivity contribution in [3.8, 4) is 44.9 Å². The summed E-state index contributed by atoms with van der Waals surface area (Å²) in [6.07, 6.45) is 2.70. The van der Waals surface area contributed by atoms with E-state index in [9.17, 15) is 42.8 Å². The van der Waals surface area contributed by atoms with Crippen LogP contribution in [0.1, 0.15) is 114 Å². The average Bonchev–Trinajstić information content (AvgIpc) is 1.61. The number of aryl methyl sites for hydroxylation is 6. The number of nitrogens with one attached hydrogen (secondary N) is 1. The van der Waals surface area contributed by atoms with Crippen LogP contribution in [-0.4, -0.2) is 114 Å². The zero-order valence-electron chi connectivity index (χ0n) is 53.7. The van der Waals surface area contributed by atoms with Crippen molar-refractivity contribution in [2.24, 2.45) is 0 Å². The van der Waals surface area contributed by atoms with Crippen molar-refractivity contribution >= 4 is 86.2 Å². The Kier molecular flexibility index (Phi) is 20.1. The van der Waals surface area contributed by atoms with Gasteiger partial charge in [-0.2, -0.15) is 17.6 Å². The van der Waals surface area contributed by atoms with Gasteiger partial charge in [0, 0.05) is 34.6 Å². The summed E-state index contributed by atoms with van der Waals surface area (Å²) in [6, 6.07) is 26.5. The molecule has 5 aromatic heterocycles. The van der Waals surface area contributed by atoms with Gasteiger partial charge in [0.1, 0.15) is 40.4 Å². The lowest BCUT2D eigenvalue weighted by atomic mass is 9.99. The molecule has 5 aromatic carbocycles. The molecule has 510 valence electrons. The summed E-state index contributed by atoms with van der Waals surface area (Å²) in [7, 11) is -9.16. The van der Waals surface area contributed by atoms with Gasteiger partial charge < -0.3 is 43.2 Å². The van der Waals surface area contributed by atoms with E-state index in [1.807, 2.05) is 110 Å². The van der Waals surface area contributed by atoms with E-state index in [2.05, 4.69) is 39.4 Å². The molecular weight excluding hydrogens is 1350 g/mol. The zero-order chi connectivity index (χ0) is 68.9. The monoisotopic (exact) mass is 1420 g/mol. The lowest BCUT2D eigenvalue weighted by molar-refractivity contribution is -0.0504. The minimum atomic E-state index is -3.13. The second-order valence-corrected chi connectivity index (χ2v) is 32.3. The number of nitrogens with zero attached hydrogens (tertiary/aromatic N) is 7. The average molecular weight is 1420 g/mol. The number of halogens is 6. The normalized spacial score (nSPS) is 18.6. The van der Waals surface area contributed by atoms with Crippen molar-refractivity contribution in [1.82, 2.24) is 34.6 Å². The number of ether oxygens (including phenoxy) is 2. The molecule has 3 aliphatic rings. The fourth-order valence-corrected chi connectivity index (χ4v) is 18.8. The smallest absolute Gasteiger partial charge is 0.387 e. The van der Waals surface area contributed by atoms with Gasteiger partial charge in [0.25, 0.3) is 0 Å². The van der Waals surface area contributed by atoms with Crippen molar-refractivity contribution in [2.45, 2.75) is 131 Å². The Morgan fingerprint density at radius 3 is 1.26 bits per heavy atom. The second-order valence-electron chi connectivity index (χ2n) is 24.8. The highest BCUT2D eigenvalue weighted by atomic mass is 35.5. The van der Waals surface area contributed by atoms with Crippen LogP contribution >= 0.6 is 23.2 Å². The number of nitrogen functional groups attached to an aromatic ring is 1. The van der Waals surface area contributed by atoms with Crippen molar-refractivity contribution in [3.05, 3.63) is 158 Å². The SMILES string of the molecule is Cc1noc(C)c1-c1ccc(NC2CCS(=O)(=O)C2)c(N)c1.Cc1noc(C)c1-c1ccc2c(c1)nc([C@@H](C)Cc1ccc(OC(F)F)c(Cl)c1)n2C1CCS(=O)(=O)C1.Cc1noc(C)c1-c1ccc2c(c1)nc([C@H](C)Cc1ccc(OC(F)F)c(Cl)c1)n2C1CCS(=O)(=O)C1. The molecule has 0 saturated carbocycles. The standard InChI is InChI=1S/2C26H26ClF2N3O4S.C15H19N3O3S/c2*1-14(10-17-4-7-23(20(27)11-17)35-26(28)29)25-30-21-12-18(24-15(2)31-36-16(24)3)5-6-22(21)32(25)19-8-9-37(33,34)13-19;1-9-15(10(2)21-18-9)11-3-4-14(13(16)7-11)17-12-5-6-22(19,20)8-12/h2*4-7,11-12,14,19,26H,8-10,13H2,1-3H3;3-4,7,12,17H,5-6,8,16H2,1-2H3/t2*14-,19?;/m10./s1. The number of aromatic nitrogens is 7. The maximum absolute atomic E-state index is 12.6. The van der Waals surface area contributed by atoms with E-state index < -0.39 is 42.7 Å². The third kappa shape index (κ3) is 15.4. The molecule has 0 spiro atoms. The predicted molar refractivity (Wildman–Crippen MR) is 361 cm³/mol. The maximum atomic E-state index is 12.6. The summed E-state index contributed by atoms with van der Waals surface area (Å²) in [5, 5.41) is 15.5. The van der Waals surface area contributed by atoms with Crippen LogP contribution in [0.15, 0.2) is 105 Å². The van der Waals surface area contributed by atoms with Gasteiger partial charge in [0.15, 0.2) is 29.5 Å². The van der Waals surface area contributed by atoms with Crippen molar-refractivity contribution in [1.29, 1.82) is 0 Å². The van der Waals surface area contributed by atoms with Gasteiger partial charge in [-0.3, -0.25) is 0 Å². The van der Waals surface area contributed by atoms with Crippen LogP contribution in [-0.2, 0) is 42.4 Å². The maximum Gasteiger partial charge on any atom is 0.387 e. The summed E-state index contributed by atoms with van der Waals surface area (Å²) in [6.45, 7) is 9.33. The quantitative estimate of drug-likeness (QED) is 0.0633. The number of benzene rings is 5. The number of sulfone groups is 3. The van der Waals surface area contributed by atoms with Crippen molar-refractivity contribution < 1.29 is 65.9 Å². The van der Waals surface area contributed by atoms with Crippen LogP contribution in [0.2, 0.25) is 10.0 Å². The number of fused-ring (bicyclic) bond motifs is 2. The van der Waals surface area contributed by atoms with E-state index in [-0.39, 0.29) is 86.0 Å². The zero-order valence-corrected chi connectivity index (χ0v) is 57.6. The van der Waals surface area contributed by atoms with Crippen LogP contribution in [0.25, 0.3) is 55.4 Å². The molecule has 3 fully saturated rings. The molecule has 20 nitrogen and oxygen atoms in total. The Hall–Kier alpha value is -7.98. The fourth-order valence-electron chi connectivity index (χ4n) is 13.2. The van der Waals surface area contributed by atoms with Crippen LogP contribution in [0.3, 0.4) is 0 Å². The Morgan fingerprint density at radius 1 is 0.542 bits per heavy atom. The van der Waals surface area contributed by atoms with Gasteiger partial charge in [-0.05, 0) is 162 Å². The van der Waals surface area contributed by atoms with Gasteiger partial charge >= 0.3 is 13.2 Å². The molecule has 0 aliphatic carbocycles. The fraction of sp³-hybridized carbons (Fsp3) is 0.388. The highest BCUT2D eigenvalue weighted by Gasteiger charge is 2.36. The Bertz CT molecular complexity index is 4630. The Balaban J connectivity index is 0.000000151. The summed E-state index contributed by atoms with van der Waals surface area (Å²) < 4.78 is 152. The molecule has 3 unspecified atom stereocenters. The molecule has 0 radical (unpaired) electrons. The van der Waals surface area contributed by atoms with Crippen LogP contribution in [0, 0.1) is 41.5 Å². The molecule has 10 aromatic rings. The molecule has 96 heavy (non-hydrogen) atoms. The summed E-state index contributed by atoms with van der Waals surface area (Å²) in [5.74, 6) is 4.12. The summed E-state index contributed by atoms with van der Waals surface area (Å²) in [5.41, 5.74) is 20.3. The first kappa shape index (κ1) is 69.4. The number of nitrogens with two attached hydrogens (primary N) is 1. The third-order valence-electron chi connectivity index (χ3n) is 17.6. The van der Waals surface area contributed by atoms with Crippen molar-refractivity contribution in [2.75, 3.05) is 45.6 Å². The molecule has 5 atom stereocenters. The van der Waals surface area contributed by atoms with E-state index >= 15 is 0 Å². The lowest BCUT2D eigenvalue weighted by Crippen LogP contribution is -2.21. The first-order chi connectivity index (χ1) is 45.4. The minimum Gasteiger partial charge on any atom is -0.433 e. The van der Waals surface area contributed by atoms with Gasteiger partial charge in [0.05, 0.1) is 107 Å². The van der Waals surface area contributed by atoms with Crippen molar-refractivity contribution in [3.63, 3.8) is 0 Å². The highest BCUT2D eigenvalue weighted by molar-refractivity contribution is 7.92. The number of imidazole rings is 2. The van der Waals surface area contributed by atoms with Crippen LogP contribution < -0.4 is 20.5 Å². The molecule has 0 amide bonds. The van der Waals surface area contributed by atoms with E-state index in [0.717, 1.165) is 107 Å². The lowest BCUT2D eigenvalue weighted by Gasteiger charge is -2.20. The van der Waals surface area contributed by atoms with E-state index in [0.29, 0.717) is 49.3 Å². The molecule has 0 bridgehead atoms. The number of alkyl halides is 4. The first-order valence-corrected chi connectivity index (χ1v) is 37.2.